The van der Waals surface area contributed by atoms with Crippen LogP contribution in [0.15, 0.2) is 42.5 Å². The molecule has 0 saturated carbocycles. The number of ketones is 1. The molecular weight excluding hydrogens is 334 g/mol. The van der Waals surface area contributed by atoms with Crippen molar-refractivity contribution in [2.75, 3.05) is 25.7 Å². The van der Waals surface area contributed by atoms with Crippen LogP contribution in [0, 0.1) is 0 Å². The van der Waals surface area contributed by atoms with Crippen molar-refractivity contribution in [2.24, 2.45) is 0 Å². The van der Waals surface area contributed by atoms with Crippen molar-refractivity contribution >= 4 is 23.3 Å². The summed E-state index contributed by atoms with van der Waals surface area (Å²) in [6.45, 7) is 0.447. The van der Waals surface area contributed by atoms with Crippen LogP contribution in [0.5, 0.6) is 5.75 Å². The number of para-hydroxylation sites is 1. The summed E-state index contributed by atoms with van der Waals surface area (Å²) in [5.74, 6) is -0.482. The first-order valence-corrected chi connectivity index (χ1v) is 8.27. The van der Waals surface area contributed by atoms with Crippen LogP contribution < -0.4 is 9.64 Å². The number of carbonyl (C=O) groups excluding carboxylic acids is 3. The third-order valence-corrected chi connectivity index (χ3v) is 4.38. The highest BCUT2D eigenvalue weighted by Crippen LogP contribution is 2.29. The number of anilines is 1. The van der Waals surface area contributed by atoms with Gasteiger partial charge in [0, 0.05) is 24.1 Å². The average molecular weight is 353 g/mol. The third kappa shape index (κ3) is 3.18. The van der Waals surface area contributed by atoms with Crippen molar-refractivity contribution in [3.8, 4) is 5.75 Å². The maximum Gasteiger partial charge on any atom is 0.341 e. The first-order valence-electron chi connectivity index (χ1n) is 8.27. The zero-order valence-corrected chi connectivity index (χ0v) is 14.7. The fourth-order valence-electron chi connectivity index (χ4n) is 3.07. The molecule has 1 amide bonds. The van der Waals surface area contributed by atoms with Crippen LogP contribution in [-0.4, -0.2) is 38.4 Å². The fourth-order valence-corrected chi connectivity index (χ4v) is 3.07. The molecular formula is C20H19NO5. The van der Waals surface area contributed by atoms with Gasteiger partial charge in [0.2, 0.25) is 0 Å². The molecule has 0 aromatic heterocycles. The summed E-state index contributed by atoms with van der Waals surface area (Å²) in [6, 6.07) is 11.7. The van der Waals surface area contributed by atoms with Gasteiger partial charge in [0.15, 0.2) is 5.78 Å². The van der Waals surface area contributed by atoms with Gasteiger partial charge in [-0.3, -0.25) is 9.59 Å². The topological polar surface area (TPSA) is 72.9 Å². The minimum absolute atomic E-state index is 0.0366. The van der Waals surface area contributed by atoms with Gasteiger partial charge in [0.25, 0.3) is 5.91 Å². The minimum atomic E-state index is -0.536. The van der Waals surface area contributed by atoms with E-state index in [2.05, 4.69) is 0 Å². The molecule has 0 spiro atoms. The number of nitrogens with zero attached hydrogens (tertiary/aromatic N) is 1. The maximum absolute atomic E-state index is 13.1. The zero-order chi connectivity index (χ0) is 18.7. The van der Waals surface area contributed by atoms with Gasteiger partial charge in [-0.1, -0.05) is 12.1 Å². The van der Waals surface area contributed by atoms with Crippen LogP contribution in [0.25, 0.3) is 0 Å². The Kier molecular flexibility index (Phi) is 5.02. The zero-order valence-electron chi connectivity index (χ0n) is 14.7. The molecule has 134 valence electrons. The van der Waals surface area contributed by atoms with E-state index in [-0.39, 0.29) is 23.0 Å². The Balaban J connectivity index is 2.00. The molecule has 0 bridgehead atoms. The number of ether oxygens (including phenoxy) is 2. The molecule has 0 radical (unpaired) electrons. The number of fused-ring (bicyclic) bond motifs is 1. The number of hydrogen-bond donors (Lipinski definition) is 0. The number of amides is 1. The lowest BCUT2D eigenvalue weighted by Gasteiger charge is -2.23. The molecule has 26 heavy (non-hydrogen) atoms. The van der Waals surface area contributed by atoms with Crippen molar-refractivity contribution in [3.63, 3.8) is 0 Å². The smallest absolute Gasteiger partial charge is 0.341 e. The Labute approximate surface area is 151 Å². The summed E-state index contributed by atoms with van der Waals surface area (Å²) in [4.78, 5) is 38.7. The van der Waals surface area contributed by atoms with Gasteiger partial charge < -0.3 is 14.4 Å². The number of esters is 1. The van der Waals surface area contributed by atoms with E-state index < -0.39 is 5.97 Å². The van der Waals surface area contributed by atoms with Crippen LogP contribution in [0.4, 0.5) is 5.69 Å². The summed E-state index contributed by atoms with van der Waals surface area (Å²) < 4.78 is 9.95. The number of methoxy groups -OCH3 is 2. The van der Waals surface area contributed by atoms with E-state index in [1.54, 1.807) is 35.2 Å². The standard InChI is InChI=1S/C20H19NO5/c1-25-18-12-13(9-10-15(18)20(24)26-2)19(23)21-11-5-8-17(22)14-6-3-4-7-16(14)21/h3-4,6-7,9-10,12H,5,8,11H2,1-2H3. The molecule has 6 nitrogen and oxygen atoms in total. The maximum atomic E-state index is 13.1. The quantitative estimate of drug-likeness (QED) is 0.793. The van der Waals surface area contributed by atoms with Crippen molar-refractivity contribution in [1.82, 2.24) is 0 Å². The van der Waals surface area contributed by atoms with Crippen LogP contribution in [-0.2, 0) is 4.74 Å². The molecule has 0 fully saturated rings. The third-order valence-electron chi connectivity index (χ3n) is 4.38. The highest BCUT2D eigenvalue weighted by molar-refractivity contribution is 6.12. The summed E-state index contributed by atoms with van der Waals surface area (Å²) in [5.41, 5.74) is 1.78. The monoisotopic (exact) mass is 353 g/mol. The molecule has 0 atom stereocenters. The van der Waals surface area contributed by atoms with E-state index in [1.165, 1.54) is 26.4 Å². The highest BCUT2D eigenvalue weighted by Gasteiger charge is 2.26. The largest absolute Gasteiger partial charge is 0.496 e. The van der Waals surface area contributed by atoms with Crippen LogP contribution >= 0.6 is 0 Å². The van der Waals surface area contributed by atoms with E-state index in [1.807, 2.05) is 0 Å². The van der Waals surface area contributed by atoms with Crippen molar-refractivity contribution < 1.29 is 23.9 Å². The predicted octanol–water partition coefficient (Wildman–Crippen LogP) is 3.11. The van der Waals surface area contributed by atoms with E-state index in [9.17, 15) is 14.4 Å². The minimum Gasteiger partial charge on any atom is -0.496 e. The van der Waals surface area contributed by atoms with Gasteiger partial charge in [-0.2, -0.15) is 0 Å². The summed E-state index contributed by atoms with van der Waals surface area (Å²) in [7, 11) is 2.71. The second kappa shape index (κ2) is 7.39. The second-order valence-electron chi connectivity index (χ2n) is 5.91. The molecule has 2 aromatic carbocycles. The summed E-state index contributed by atoms with van der Waals surface area (Å²) in [5, 5.41) is 0. The Hall–Kier alpha value is -3.15. The van der Waals surface area contributed by atoms with Gasteiger partial charge in [-0.25, -0.2) is 4.79 Å². The lowest BCUT2D eigenvalue weighted by molar-refractivity contribution is 0.0596. The fraction of sp³-hybridized carbons (Fsp3) is 0.250. The number of hydrogen-bond acceptors (Lipinski definition) is 5. The summed E-state index contributed by atoms with van der Waals surface area (Å²) >= 11 is 0. The Morgan fingerprint density at radius 2 is 1.85 bits per heavy atom. The van der Waals surface area contributed by atoms with E-state index in [4.69, 9.17) is 9.47 Å². The number of rotatable bonds is 3. The average Bonchev–Trinajstić information content (AvgIpc) is 2.85. The molecule has 0 saturated heterocycles. The molecule has 6 heteroatoms. The Bertz CT molecular complexity index is 874. The lowest BCUT2D eigenvalue weighted by atomic mass is 10.1. The molecule has 1 aliphatic heterocycles. The van der Waals surface area contributed by atoms with E-state index in [0.29, 0.717) is 36.2 Å². The van der Waals surface area contributed by atoms with Crippen LogP contribution in [0.2, 0.25) is 0 Å². The van der Waals surface area contributed by atoms with E-state index >= 15 is 0 Å². The van der Waals surface area contributed by atoms with Crippen LogP contribution in [0.3, 0.4) is 0 Å². The number of carbonyl (C=O) groups is 3. The van der Waals surface area contributed by atoms with Crippen LogP contribution in [0.1, 0.15) is 43.9 Å². The molecule has 1 heterocycles. The van der Waals surface area contributed by atoms with Gasteiger partial charge >= 0.3 is 5.97 Å². The predicted molar refractivity (Wildman–Crippen MR) is 96.0 cm³/mol. The molecule has 0 N–H and O–H groups in total. The molecule has 2 aromatic rings. The molecule has 0 unspecified atom stereocenters. The molecule has 3 rings (SSSR count). The summed E-state index contributed by atoms with van der Waals surface area (Å²) in [6.07, 6.45) is 1.00. The number of benzene rings is 2. The van der Waals surface area contributed by atoms with Crippen molar-refractivity contribution in [1.29, 1.82) is 0 Å². The van der Waals surface area contributed by atoms with Gasteiger partial charge in [0.05, 0.1) is 19.9 Å². The van der Waals surface area contributed by atoms with Gasteiger partial charge in [-0.15, -0.1) is 0 Å². The molecule has 0 aliphatic carbocycles. The number of Topliss-reactive ketones (excluding diaryl/α,β-unsaturated/α-hetero) is 1. The second-order valence-corrected chi connectivity index (χ2v) is 5.91. The van der Waals surface area contributed by atoms with E-state index in [0.717, 1.165) is 0 Å². The highest BCUT2D eigenvalue weighted by atomic mass is 16.5. The SMILES string of the molecule is COC(=O)c1ccc(C(=O)N2CCCC(=O)c3ccccc32)cc1OC. The Morgan fingerprint density at radius 3 is 2.58 bits per heavy atom. The first-order chi connectivity index (χ1) is 12.6. The van der Waals surface area contributed by atoms with Crippen molar-refractivity contribution in [3.05, 3.63) is 59.2 Å². The van der Waals surface area contributed by atoms with Crippen molar-refractivity contribution in [2.45, 2.75) is 12.8 Å². The normalized spacial score (nSPS) is 13.6. The lowest BCUT2D eigenvalue weighted by Crippen LogP contribution is -2.31. The molecule has 1 aliphatic rings. The first kappa shape index (κ1) is 17.7. The van der Waals surface area contributed by atoms with Gasteiger partial charge in [-0.05, 0) is 36.8 Å². The van der Waals surface area contributed by atoms with Gasteiger partial charge in [0.1, 0.15) is 11.3 Å². The Morgan fingerprint density at radius 1 is 1.08 bits per heavy atom.